The van der Waals surface area contributed by atoms with E-state index in [0.29, 0.717) is 17.0 Å². The van der Waals surface area contributed by atoms with Crippen LogP contribution < -0.4 is 19.9 Å². The van der Waals surface area contributed by atoms with Crippen LogP contribution in [0.25, 0.3) is 0 Å². The number of aromatic nitrogens is 1. The highest BCUT2D eigenvalue weighted by atomic mass is 16.5. The molecule has 0 bridgehead atoms. The minimum Gasteiger partial charge on any atom is -0.487 e. The third-order valence-electron chi connectivity index (χ3n) is 5.79. The molecule has 146 valence electrons. The summed E-state index contributed by atoms with van der Waals surface area (Å²) in [5.74, 6) is 1.32. The molecular weight excluding hydrogens is 352 g/mol. The lowest BCUT2D eigenvalue weighted by atomic mass is 9.80. The molecule has 9 heteroatoms. The van der Waals surface area contributed by atoms with E-state index in [9.17, 15) is 9.59 Å². The van der Waals surface area contributed by atoms with E-state index in [0.717, 1.165) is 51.4 Å². The number of nitrogens with zero attached hydrogens (tertiary/aromatic N) is 3. The lowest BCUT2D eigenvalue weighted by Crippen LogP contribution is -2.49. The smallest absolute Gasteiger partial charge is 0.405 e. The Morgan fingerprint density at radius 3 is 2.85 bits per heavy atom. The number of ether oxygens (including phenoxy) is 2. The normalized spacial score (nSPS) is 24.3. The predicted molar refractivity (Wildman–Crippen MR) is 97.4 cm³/mol. The van der Waals surface area contributed by atoms with E-state index in [1.807, 2.05) is 6.07 Å². The zero-order valence-electron chi connectivity index (χ0n) is 15.3. The van der Waals surface area contributed by atoms with Crippen LogP contribution in [0, 0.1) is 5.41 Å². The SMILES string of the molecule is CN1C(=O)C(NC(=O)O)COc2ccc(N3CCC4(CCOCC4)C3)nc21. The van der Waals surface area contributed by atoms with Crippen LogP contribution in [0.3, 0.4) is 0 Å². The summed E-state index contributed by atoms with van der Waals surface area (Å²) in [5, 5.41) is 11.1. The Morgan fingerprint density at radius 2 is 2.11 bits per heavy atom. The number of carboxylic acid groups (broad SMARTS) is 1. The molecule has 0 radical (unpaired) electrons. The van der Waals surface area contributed by atoms with Crippen LogP contribution in [0.4, 0.5) is 16.4 Å². The van der Waals surface area contributed by atoms with Gasteiger partial charge in [0.05, 0.1) is 0 Å². The minimum absolute atomic E-state index is 0.0592. The van der Waals surface area contributed by atoms with E-state index in [2.05, 4.69) is 15.2 Å². The summed E-state index contributed by atoms with van der Waals surface area (Å²) in [6, 6.07) is 2.75. The average Bonchev–Trinajstić information content (AvgIpc) is 3.02. The van der Waals surface area contributed by atoms with Crippen molar-refractivity contribution >= 4 is 23.6 Å². The zero-order chi connectivity index (χ0) is 19.0. The van der Waals surface area contributed by atoms with Crippen molar-refractivity contribution in [2.45, 2.75) is 25.3 Å². The molecule has 0 aromatic carbocycles. The number of amides is 2. The molecule has 3 aliphatic rings. The second-order valence-corrected chi connectivity index (χ2v) is 7.49. The molecule has 4 rings (SSSR count). The second-order valence-electron chi connectivity index (χ2n) is 7.49. The molecule has 0 aliphatic carbocycles. The second kappa shape index (κ2) is 6.88. The van der Waals surface area contributed by atoms with Crippen molar-refractivity contribution in [3.05, 3.63) is 12.1 Å². The summed E-state index contributed by atoms with van der Waals surface area (Å²) in [7, 11) is 1.59. The van der Waals surface area contributed by atoms with Crippen LogP contribution in [0.5, 0.6) is 5.75 Å². The number of carbonyl (C=O) groups is 2. The van der Waals surface area contributed by atoms with Crippen molar-refractivity contribution in [2.24, 2.45) is 5.41 Å². The molecule has 2 fully saturated rings. The first kappa shape index (κ1) is 17.8. The average molecular weight is 376 g/mol. The van der Waals surface area contributed by atoms with E-state index in [-0.39, 0.29) is 12.5 Å². The van der Waals surface area contributed by atoms with Gasteiger partial charge in [-0.1, -0.05) is 0 Å². The van der Waals surface area contributed by atoms with Crippen molar-refractivity contribution in [1.82, 2.24) is 10.3 Å². The maximum absolute atomic E-state index is 12.6. The first-order chi connectivity index (χ1) is 13.0. The van der Waals surface area contributed by atoms with E-state index >= 15 is 0 Å². The highest BCUT2D eigenvalue weighted by molar-refractivity contribution is 5.99. The van der Waals surface area contributed by atoms with Gasteiger partial charge in [0, 0.05) is 33.4 Å². The molecule has 1 aromatic rings. The number of hydrogen-bond donors (Lipinski definition) is 2. The Labute approximate surface area is 157 Å². The Hall–Kier alpha value is -2.55. The zero-order valence-corrected chi connectivity index (χ0v) is 15.3. The Kier molecular flexibility index (Phi) is 4.55. The van der Waals surface area contributed by atoms with Crippen LogP contribution in [-0.4, -0.2) is 68.1 Å². The fraction of sp³-hybridized carbons (Fsp3) is 0.611. The number of pyridine rings is 1. The standard InChI is InChI=1S/C18H24N4O5/c1-21-15-13(27-10-12(16(21)23)19-17(24)25)2-3-14(20-15)22-7-4-18(11-22)5-8-26-9-6-18/h2-3,12,19H,4-11H2,1H3,(H,24,25). The number of anilines is 2. The van der Waals surface area contributed by atoms with E-state index in [1.165, 1.54) is 4.90 Å². The van der Waals surface area contributed by atoms with Gasteiger partial charge in [-0.2, -0.15) is 0 Å². The molecule has 1 aromatic heterocycles. The molecule has 1 unspecified atom stereocenters. The molecule has 3 aliphatic heterocycles. The summed E-state index contributed by atoms with van der Waals surface area (Å²) in [6.45, 7) is 3.43. The van der Waals surface area contributed by atoms with Gasteiger partial charge in [-0.05, 0) is 36.8 Å². The fourth-order valence-corrected chi connectivity index (χ4v) is 4.13. The molecule has 9 nitrogen and oxygen atoms in total. The maximum Gasteiger partial charge on any atom is 0.405 e. The molecule has 0 saturated carbocycles. The van der Waals surface area contributed by atoms with Gasteiger partial charge in [-0.15, -0.1) is 0 Å². The van der Waals surface area contributed by atoms with Gasteiger partial charge in [-0.25, -0.2) is 9.78 Å². The van der Waals surface area contributed by atoms with E-state index in [4.69, 9.17) is 14.6 Å². The maximum atomic E-state index is 12.6. The van der Waals surface area contributed by atoms with Crippen LogP contribution in [0.2, 0.25) is 0 Å². The first-order valence-electron chi connectivity index (χ1n) is 9.21. The van der Waals surface area contributed by atoms with Crippen molar-refractivity contribution in [2.75, 3.05) is 49.8 Å². The topological polar surface area (TPSA) is 104 Å². The van der Waals surface area contributed by atoms with Crippen molar-refractivity contribution in [3.63, 3.8) is 0 Å². The molecule has 4 heterocycles. The van der Waals surface area contributed by atoms with Crippen molar-refractivity contribution in [3.8, 4) is 5.75 Å². The quantitative estimate of drug-likeness (QED) is 0.796. The van der Waals surface area contributed by atoms with Crippen LogP contribution >= 0.6 is 0 Å². The van der Waals surface area contributed by atoms with Gasteiger partial charge in [0.2, 0.25) is 0 Å². The number of carbonyl (C=O) groups excluding carboxylic acids is 1. The number of fused-ring (bicyclic) bond motifs is 1. The summed E-state index contributed by atoms with van der Waals surface area (Å²) in [5.41, 5.74) is 0.293. The lowest BCUT2D eigenvalue weighted by Gasteiger charge is -2.33. The summed E-state index contributed by atoms with van der Waals surface area (Å²) in [4.78, 5) is 31.8. The molecular formula is C18H24N4O5. The van der Waals surface area contributed by atoms with Crippen molar-refractivity contribution < 1.29 is 24.2 Å². The van der Waals surface area contributed by atoms with Gasteiger partial charge in [0.1, 0.15) is 18.5 Å². The number of likely N-dealkylation sites (N-methyl/N-ethyl adjacent to an activating group) is 1. The van der Waals surface area contributed by atoms with Gasteiger partial charge >= 0.3 is 6.09 Å². The summed E-state index contributed by atoms with van der Waals surface area (Å²) < 4.78 is 11.2. The van der Waals surface area contributed by atoms with Gasteiger partial charge in [-0.3, -0.25) is 9.69 Å². The monoisotopic (exact) mass is 376 g/mol. The molecule has 27 heavy (non-hydrogen) atoms. The molecule has 1 atom stereocenters. The highest BCUT2D eigenvalue weighted by Gasteiger charge is 2.40. The van der Waals surface area contributed by atoms with Crippen molar-refractivity contribution in [1.29, 1.82) is 0 Å². The summed E-state index contributed by atoms with van der Waals surface area (Å²) >= 11 is 0. The Morgan fingerprint density at radius 1 is 1.33 bits per heavy atom. The van der Waals surface area contributed by atoms with Crippen LogP contribution in [-0.2, 0) is 9.53 Å². The molecule has 2 N–H and O–H groups in total. The summed E-state index contributed by atoms with van der Waals surface area (Å²) in [6.07, 6.45) is 1.99. The molecule has 2 amide bonds. The Bertz CT molecular complexity index is 749. The third kappa shape index (κ3) is 3.39. The van der Waals surface area contributed by atoms with Crippen LogP contribution in [0.1, 0.15) is 19.3 Å². The first-order valence-corrected chi connectivity index (χ1v) is 9.21. The van der Waals surface area contributed by atoms with Gasteiger partial charge < -0.3 is 24.8 Å². The number of rotatable bonds is 2. The number of hydrogen-bond acceptors (Lipinski definition) is 6. The van der Waals surface area contributed by atoms with Gasteiger partial charge in [0.25, 0.3) is 5.91 Å². The van der Waals surface area contributed by atoms with Gasteiger partial charge in [0.15, 0.2) is 11.6 Å². The predicted octanol–water partition coefficient (Wildman–Crippen LogP) is 1.08. The van der Waals surface area contributed by atoms with E-state index < -0.39 is 12.1 Å². The Balaban J connectivity index is 1.55. The van der Waals surface area contributed by atoms with Crippen LogP contribution in [0.15, 0.2) is 12.1 Å². The fourth-order valence-electron chi connectivity index (χ4n) is 4.13. The third-order valence-corrected chi connectivity index (χ3v) is 5.79. The molecule has 1 spiro atoms. The molecule has 2 saturated heterocycles. The minimum atomic E-state index is -1.26. The lowest BCUT2D eigenvalue weighted by molar-refractivity contribution is -0.120. The highest BCUT2D eigenvalue weighted by Crippen LogP contribution is 2.42. The number of nitrogens with one attached hydrogen (secondary N) is 1. The van der Waals surface area contributed by atoms with E-state index in [1.54, 1.807) is 13.1 Å². The largest absolute Gasteiger partial charge is 0.487 e.